The zero-order valence-corrected chi connectivity index (χ0v) is 11.9. The number of rotatable bonds is 1. The van der Waals surface area contributed by atoms with Crippen LogP contribution in [0.3, 0.4) is 0 Å². The minimum Gasteiger partial charge on any atom is -1.00 e. The number of fused-ring (bicyclic) bond motifs is 1. The van der Waals surface area contributed by atoms with Gasteiger partial charge >= 0.3 is 5.51 Å². The van der Waals surface area contributed by atoms with Crippen molar-refractivity contribution in [2.75, 3.05) is 0 Å². The minimum absolute atomic E-state index is 0. The molecule has 1 heterocycles. The third-order valence-corrected chi connectivity index (χ3v) is 5.05. The fourth-order valence-electron chi connectivity index (χ4n) is 1.97. The van der Waals surface area contributed by atoms with Crippen LogP contribution >= 0.6 is 10.5 Å². The largest absolute Gasteiger partial charge is 1.00 e. The molecule has 0 radical (unpaired) electrons. The Hall–Kier alpha value is -0.740. The highest BCUT2D eigenvalue weighted by molar-refractivity contribution is 7.38. The Bertz CT molecular complexity index is 555. The summed E-state index contributed by atoms with van der Waals surface area (Å²) in [6, 6.07) is 6.91. The van der Waals surface area contributed by atoms with Crippen LogP contribution in [0.15, 0.2) is 24.3 Å². The Labute approximate surface area is 113 Å². The Morgan fingerprint density at radius 2 is 1.72 bits per heavy atom. The maximum atomic E-state index is 13.1. The molecule has 0 saturated carbocycles. The second-order valence-electron chi connectivity index (χ2n) is 4.49. The standard InChI is InChI=1S/C13H14F3S.ClH/c1-8(2)12-7-10-6-9(3)4-5-11(10)17(12)13(14,15)16;/h4-8H,1-3H3;1H/q+1;/p-1. The monoisotopic (exact) mass is 294 g/mol. The van der Waals surface area contributed by atoms with E-state index >= 15 is 0 Å². The van der Waals surface area contributed by atoms with Crippen LogP contribution in [0.5, 0.6) is 0 Å². The summed E-state index contributed by atoms with van der Waals surface area (Å²) in [4.78, 5) is 0.498. The summed E-state index contributed by atoms with van der Waals surface area (Å²) in [5.41, 5.74) is -3.17. The summed E-state index contributed by atoms with van der Waals surface area (Å²) >= 11 is 0. The molecular weight excluding hydrogens is 281 g/mol. The van der Waals surface area contributed by atoms with Gasteiger partial charge < -0.3 is 12.4 Å². The molecule has 18 heavy (non-hydrogen) atoms. The van der Waals surface area contributed by atoms with Crippen molar-refractivity contribution in [3.05, 3.63) is 34.7 Å². The number of halogens is 4. The molecule has 0 bridgehead atoms. The summed E-state index contributed by atoms with van der Waals surface area (Å²) in [6.07, 6.45) is 0. The summed E-state index contributed by atoms with van der Waals surface area (Å²) in [6.45, 7) is 5.53. The molecule has 1 aromatic heterocycles. The summed E-state index contributed by atoms with van der Waals surface area (Å²) < 4.78 is 39.8. The number of alkyl halides is 3. The number of aryl methyl sites for hydroxylation is 1. The SMILES string of the molecule is Cc1ccc2c(c1)cc(C(C)C)[s+]2C(F)(F)F.[Cl-]. The Kier molecular flexibility index (Phi) is 4.34. The predicted octanol–water partition coefficient (Wildman–Crippen LogP) is 2.50. The van der Waals surface area contributed by atoms with Gasteiger partial charge in [0.1, 0.15) is 0 Å². The van der Waals surface area contributed by atoms with Crippen LogP contribution in [-0.2, 0) is 5.51 Å². The first-order chi connectivity index (χ1) is 7.80. The zero-order valence-electron chi connectivity index (χ0n) is 10.3. The van der Waals surface area contributed by atoms with Crippen LogP contribution in [0.4, 0.5) is 13.2 Å². The molecule has 1 aromatic carbocycles. The average molecular weight is 295 g/mol. The third kappa shape index (κ3) is 2.64. The number of benzene rings is 1. The lowest BCUT2D eigenvalue weighted by atomic mass is 10.1. The van der Waals surface area contributed by atoms with Gasteiger partial charge in [-0.25, -0.2) is 0 Å². The smallest absolute Gasteiger partial charge is 0.600 e. The Morgan fingerprint density at radius 3 is 2.22 bits per heavy atom. The second-order valence-corrected chi connectivity index (χ2v) is 6.48. The zero-order chi connectivity index (χ0) is 12.8. The normalized spacial score (nSPS) is 12.9. The lowest BCUT2D eigenvalue weighted by Gasteiger charge is -2.02. The van der Waals surface area contributed by atoms with Crippen molar-refractivity contribution in [1.29, 1.82) is 0 Å². The first-order valence-corrected chi connectivity index (χ1v) is 6.66. The molecule has 0 aliphatic carbocycles. The van der Waals surface area contributed by atoms with E-state index in [2.05, 4.69) is 0 Å². The molecule has 1 atom stereocenters. The highest BCUT2D eigenvalue weighted by atomic mass is 35.5. The van der Waals surface area contributed by atoms with E-state index in [4.69, 9.17) is 0 Å². The van der Waals surface area contributed by atoms with E-state index in [-0.39, 0.29) is 18.3 Å². The van der Waals surface area contributed by atoms with Gasteiger partial charge in [0.25, 0.3) is 0 Å². The van der Waals surface area contributed by atoms with Crippen LogP contribution < -0.4 is 12.4 Å². The molecule has 0 spiro atoms. The van der Waals surface area contributed by atoms with Gasteiger partial charge in [-0.1, -0.05) is 25.5 Å². The van der Waals surface area contributed by atoms with E-state index in [1.807, 2.05) is 26.8 Å². The van der Waals surface area contributed by atoms with Crippen molar-refractivity contribution in [3.8, 4) is 0 Å². The van der Waals surface area contributed by atoms with Crippen LogP contribution in [0.25, 0.3) is 10.1 Å². The first kappa shape index (κ1) is 15.3. The average Bonchev–Trinajstić information content (AvgIpc) is 2.55. The molecule has 2 aromatic rings. The van der Waals surface area contributed by atoms with E-state index in [9.17, 15) is 13.2 Å². The van der Waals surface area contributed by atoms with Gasteiger partial charge in [0.05, 0.1) is 10.5 Å². The molecule has 0 N–H and O–H groups in total. The van der Waals surface area contributed by atoms with E-state index in [1.165, 1.54) is 0 Å². The number of hydrogen-bond acceptors (Lipinski definition) is 0. The topological polar surface area (TPSA) is 0 Å². The van der Waals surface area contributed by atoms with E-state index in [0.29, 0.717) is 9.58 Å². The van der Waals surface area contributed by atoms with Crippen molar-refractivity contribution in [3.63, 3.8) is 0 Å². The van der Waals surface area contributed by atoms with Crippen molar-refractivity contribution in [2.45, 2.75) is 32.2 Å². The van der Waals surface area contributed by atoms with E-state index < -0.39 is 16.0 Å². The first-order valence-electron chi connectivity index (χ1n) is 5.44. The molecule has 1 unspecified atom stereocenters. The van der Waals surface area contributed by atoms with Crippen LogP contribution in [0, 0.1) is 6.92 Å². The lowest BCUT2D eigenvalue weighted by Crippen LogP contribution is -3.00. The Balaban J connectivity index is 0.00000162. The van der Waals surface area contributed by atoms with E-state index in [0.717, 1.165) is 10.9 Å². The molecule has 2 rings (SSSR count). The van der Waals surface area contributed by atoms with Crippen LogP contribution in [-0.4, -0.2) is 0 Å². The fourth-order valence-corrected chi connectivity index (χ4v) is 4.01. The quantitative estimate of drug-likeness (QED) is 0.709. The maximum absolute atomic E-state index is 13.1. The molecule has 5 heteroatoms. The second kappa shape index (κ2) is 5.10. The van der Waals surface area contributed by atoms with Crippen molar-refractivity contribution < 1.29 is 25.6 Å². The molecule has 0 aliphatic heterocycles. The molecule has 0 aliphatic rings. The van der Waals surface area contributed by atoms with Gasteiger partial charge in [-0.15, -0.1) is 13.2 Å². The number of thiophene rings is 1. The van der Waals surface area contributed by atoms with Gasteiger partial charge in [0, 0.05) is 17.4 Å². The predicted molar refractivity (Wildman–Crippen MR) is 66.6 cm³/mol. The molecule has 0 nitrogen and oxygen atoms in total. The molecule has 0 amide bonds. The van der Waals surface area contributed by atoms with Crippen molar-refractivity contribution in [1.82, 2.24) is 0 Å². The summed E-state index contributed by atoms with van der Waals surface area (Å²) in [5.74, 6) is -0.0762. The molecule has 0 fully saturated rings. The third-order valence-electron chi connectivity index (χ3n) is 2.72. The minimum atomic E-state index is -4.17. The summed E-state index contributed by atoms with van der Waals surface area (Å²) in [7, 11) is -1.73. The summed E-state index contributed by atoms with van der Waals surface area (Å²) in [5, 5.41) is 0.731. The van der Waals surface area contributed by atoms with Gasteiger partial charge in [0.2, 0.25) is 0 Å². The lowest BCUT2D eigenvalue weighted by molar-refractivity contribution is -0.0868. The van der Waals surface area contributed by atoms with Gasteiger partial charge in [-0.2, -0.15) is 0 Å². The van der Waals surface area contributed by atoms with Crippen LogP contribution in [0.1, 0.15) is 30.2 Å². The van der Waals surface area contributed by atoms with Crippen molar-refractivity contribution in [2.24, 2.45) is 0 Å². The molecule has 100 valence electrons. The van der Waals surface area contributed by atoms with E-state index in [1.54, 1.807) is 18.2 Å². The highest BCUT2D eigenvalue weighted by Crippen LogP contribution is 2.52. The Morgan fingerprint density at radius 1 is 1.11 bits per heavy atom. The molecular formula is C13H14ClF3S. The van der Waals surface area contributed by atoms with Crippen molar-refractivity contribution >= 4 is 20.6 Å². The van der Waals surface area contributed by atoms with Gasteiger partial charge in [0.15, 0.2) is 9.58 Å². The number of hydrogen-bond donors (Lipinski definition) is 0. The van der Waals surface area contributed by atoms with Crippen LogP contribution in [0.2, 0.25) is 0 Å². The maximum Gasteiger partial charge on any atom is 0.600 e. The van der Waals surface area contributed by atoms with Gasteiger partial charge in [-0.3, -0.25) is 0 Å². The fraction of sp³-hybridized carbons (Fsp3) is 0.385. The van der Waals surface area contributed by atoms with Gasteiger partial charge in [-0.05, 0) is 19.1 Å². The molecule has 0 saturated heterocycles. The highest BCUT2D eigenvalue weighted by Gasteiger charge is 2.48.